The van der Waals surface area contributed by atoms with Crippen LogP contribution in [0, 0.1) is 0 Å². The van der Waals surface area contributed by atoms with Crippen molar-refractivity contribution in [3.8, 4) is 0 Å². The van der Waals surface area contributed by atoms with E-state index in [1.165, 1.54) is 6.20 Å². The van der Waals surface area contributed by atoms with Crippen LogP contribution in [-0.2, 0) is 4.74 Å². The standard InChI is InChI=1S/C13H20N4O2/c1-3-15-12-8-14-7-11(17-12)13(18)16-9-5-10(6-9)19-4-2/h7-10H,3-6H2,1-2H3,(H,15,17)(H,16,18). The average Bonchev–Trinajstić information content (AvgIpc) is 2.37. The number of nitrogens with zero attached hydrogens (tertiary/aromatic N) is 2. The highest BCUT2D eigenvalue weighted by atomic mass is 16.5. The van der Waals surface area contributed by atoms with Crippen LogP contribution in [0.15, 0.2) is 12.4 Å². The predicted octanol–water partition coefficient (Wildman–Crippen LogP) is 1.21. The molecule has 1 heterocycles. The Morgan fingerprint density at radius 2 is 2.21 bits per heavy atom. The summed E-state index contributed by atoms with van der Waals surface area (Å²) in [5.74, 6) is 0.447. The largest absolute Gasteiger partial charge is 0.378 e. The Labute approximate surface area is 113 Å². The Kier molecular flexibility index (Phi) is 4.68. The second-order valence-corrected chi connectivity index (χ2v) is 4.54. The Morgan fingerprint density at radius 1 is 1.42 bits per heavy atom. The fourth-order valence-corrected chi connectivity index (χ4v) is 2.06. The van der Waals surface area contributed by atoms with E-state index in [1.54, 1.807) is 6.20 Å². The van der Waals surface area contributed by atoms with Crippen molar-refractivity contribution in [2.45, 2.75) is 38.8 Å². The van der Waals surface area contributed by atoms with Gasteiger partial charge in [0, 0.05) is 19.2 Å². The van der Waals surface area contributed by atoms with E-state index in [9.17, 15) is 4.79 Å². The molecule has 1 aromatic heterocycles. The monoisotopic (exact) mass is 264 g/mol. The van der Waals surface area contributed by atoms with Crippen molar-refractivity contribution in [1.29, 1.82) is 0 Å². The van der Waals surface area contributed by atoms with Crippen LogP contribution >= 0.6 is 0 Å². The predicted molar refractivity (Wildman–Crippen MR) is 72.1 cm³/mol. The molecule has 0 bridgehead atoms. The summed E-state index contributed by atoms with van der Waals surface area (Å²) in [4.78, 5) is 20.2. The van der Waals surface area contributed by atoms with Crippen LogP contribution in [0.3, 0.4) is 0 Å². The van der Waals surface area contributed by atoms with Crippen LogP contribution in [0.2, 0.25) is 0 Å². The van der Waals surface area contributed by atoms with Crippen LogP contribution in [0.4, 0.5) is 5.82 Å². The summed E-state index contributed by atoms with van der Waals surface area (Å²) in [6.07, 6.45) is 5.12. The molecule has 2 rings (SSSR count). The maximum absolute atomic E-state index is 12.0. The first-order chi connectivity index (χ1) is 9.22. The van der Waals surface area contributed by atoms with Gasteiger partial charge in [0.2, 0.25) is 0 Å². The molecule has 0 aromatic carbocycles. The molecule has 0 unspecified atom stereocenters. The molecule has 1 saturated carbocycles. The summed E-state index contributed by atoms with van der Waals surface area (Å²) in [7, 11) is 0. The Bertz CT molecular complexity index is 432. The van der Waals surface area contributed by atoms with E-state index < -0.39 is 0 Å². The van der Waals surface area contributed by atoms with Gasteiger partial charge in [-0.15, -0.1) is 0 Å². The molecule has 1 aliphatic carbocycles. The number of rotatable bonds is 6. The van der Waals surface area contributed by atoms with Gasteiger partial charge >= 0.3 is 0 Å². The molecule has 0 spiro atoms. The van der Waals surface area contributed by atoms with Gasteiger partial charge in [-0.1, -0.05) is 0 Å². The molecule has 1 aliphatic rings. The molecule has 1 fully saturated rings. The number of ether oxygens (including phenoxy) is 1. The normalized spacial score (nSPS) is 21.6. The van der Waals surface area contributed by atoms with Crippen LogP contribution < -0.4 is 10.6 Å². The third-order valence-electron chi connectivity index (χ3n) is 3.06. The summed E-state index contributed by atoms with van der Waals surface area (Å²) in [6.45, 7) is 5.42. The third-order valence-corrected chi connectivity index (χ3v) is 3.06. The van der Waals surface area contributed by atoms with E-state index in [1.807, 2.05) is 13.8 Å². The van der Waals surface area contributed by atoms with Gasteiger partial charge in [-0.25, -0.2) is 4.98 Å². The number of hydrogen-bond donors (Lipinski definition) is 2. The fourth-order valence-electron chi connectivity index (χ4n) is 2.06. The summed E-state index contributed by atoms with van der Waals surface area (Å²) in [5.41, 5.74) is 0.346. The lowest BCUT2D eigenvalue weighted by Crippen LogP contribution is -2.48. The maximum atomic E-state index is 12.0. The zero-order chi connectivity index (χ0) is 13.7. The second kappa shape index (κ2) is 6.47. The van der Waals surface area contributed by atoms with E-state index in [0.717, 1.165) is 26.0 Å². The van der Waals surface area contributed by atoms with Crippen molar-refractivity contribution in [2.24, 2.45) is 0 Å². The smallest absolute Gasteiger partial charge is 0.271 e. The quantitative estimate of drug-likeness (QED) is 0.807. The van der Waals surface area contributed by atoms with Crippen molar-refractivity contribution >= 4 is 11.7 Å². The summed E-state index contributed by atoms with van der Waals surface area (Å²) >= 11 is 0. The molecule has 1 amide bonds. The van der Waals surface area contributed by atoms with Gasteiger partial charge in [0.05, 0.1) is 18.5 Å². The molecule has 1 aromatic rings. The molecule has 19 heavy (non-hydrogen) atoms. The SMILES string of the molecule is CCNc1cncc(C(=O)NC2CC(OCC)C2)n1. The number of hydrogen-bond acceptors (Lipinski definition) is 5. The minimum Gasteiger partial charge on any atom is -0.378 e. The molecule has 0 aliphatic heterocycles. The first-order valence-corrected chi connectivity index (χ1v) is 6.71. The van der Waals surface area contributed by atoms with Crippen molar-refractivity contribution in [3.05, 3.63) is 18.1 Å². The minimum absolute atomic E-state index is 0.174. The zero-order valence-corrected chi connectivity index (χ0v) is 11.3. The van der Waals surface area contributed by atoms with E-state index in [0.29, 0.717) is 11.5 Å². The van der Waals surface area contributed by atoms with E-state index in [4.69, 9.17) is 4.74 Å². The highest BCUT2D eigenvalue weighted by Gasteiger charge is 2.31. The fraction of sp³-hybridized carbons (Fsp3) is 0.615. The van der Waals surface area contributed by atoms with Gasteiger partial charge in [0.1, 0.15) is 11.5 Å². The minimum atomic E-state index is -0.174. The highest BCUT2D eigenvalue weighted by molar-refractivity contribution is 5.92. The van der Waals surface area contributed by atoms with Gasteiger partial charge in [-0.3, -0.25) is 9.78 Å². The molecular formula is C13H20N4O2. The number of carbonyl (C=O) groups excluding carboxylic acids is 1. The molecule has 0 atom stereocenters. The van der Waals surface area contributed by atoms with Crippen LogP contribution in [0.25, 0.3) is 0 Å². The van der Waals surface area contributed by atoms with Crippen molar-refractivity contribution in [3.63, 3.8) is 0 Å². The third kappa shape index (κ3) is 3.64. The van der Waals surface area contributed by atoms with Crippen molar-refractivity contribution in [2.75, 3.05) is 18.5 Å². The number of aromatic nitrogens is 2. The van der Waals surface area contributed by atoms with Crippen LogP contribution in [-0.4, -0.2) is 41.2 Å². The van der Waals surface area contributed by atoms with Crippen LogP contribution in [0.1, 0.15) is 37.2 Å². The number of anilines is 1. The molecule has 2 N–H and O–H groups in total. The van der Waals surface area contributed by atoms with E-state index in [2.05, 4.69) is 20.6 Å². The summed E-state index contributed by atoms with van der Waals surface area (Å²) in [5, 5.41) is 5.98. The average molecular weight is 264 g/mol. The second-order valence-electron chi connectivity index (χ2n) is 4.54. The van der Waals surface area contributed by atoms with Gasteiger partial charge in [0.25, 0.3) is 5.91 Å². The van der Waals surface area contributed by atoms with Gasteiger partial charge in [-0.05, 0) is 26.7 Å². The van der Waals surface area contributed by atoms with E-state index >= 15 is 0 Å². The zero-order valence-electron chi connectivity index (χ0n) is 11.3. The lowest BCUT2D eigenvalue weighted by atomic mass is 9.89. The van der Waals surface area contributed by atoms with Crippen LogP contribution in [0.5, 0.6) is 0 Å². The van der Waals surface area contributed by atoms with Gasteiger partial charge in [0.15, 0.2) is 0 Å². The maximum Gasteiger partial charge on any atom is 0.271 e. The first kappa shape index (κ1) is 13.7. The summed E-state index contributed by atoms with van der Waals surface area (Å²) < 4.78 is 5.46. The molecule has 6 nitrogen and oxygen atoms in total. The van der Waals surface area contributed by atoms with Crippen molar-refractivity contribution < 1.29 is 9.53 Å². The number of carbonyl (C=O) groups is 1. The Balaban J connectivity index is 1.85. The molecule has 6 heteroatoms. The van der Waals surface area contributed by atoms with Gasteiger partial charge < -0.3 is 15.4 Å². The number of nitrogens with one attached hydrogen (secondary N) is 2. The number of amides is 1. The Morgan fingerprint density at radius 3 is 2.89 bits per heavy atom. The lowest BCUT2D eigenvalue weighted by Gasteiger charge is -2.35. The molecular weight excluding hydrogens is 244 g/mol. The summed E-state index contributed by atoms with van der Waals surface area (Å²) in [6, 6.07) is 0.189. The van der Waals surface area contributed by atoms with Gasteiger partial charge in [-0.2, -0.15) is 0 Å². The lowest BCUT2D eigenvalue weighted by molar-refractivity contribution is -0.00867. The van der Waals surface area contributed by atoms with E-state index in [-0.39, 0.29) is 18.1 Å². The molecule has 0 saturated heterocycles. The Hall–Kier alpha value is -1.69. The van der Waals surface area contributed by atoms with Crippen molar-refractivity contribution in [1.82, 2.24) is 15.3 Å². The topological polar surface area (TPSA) is 76.1 Å². The first-order valence-electron chi connectivity index (χ1n) is 6.71. The molecule has 0 radical (unpaired) electrons. The highest BCUT2D eigenvalue weighted by Crippen LogP contribution is 2.23. The molecule has 104 valence electrons.